The molecule has 1 aromatic heterocycles. The highest BCUT2D eigenvalue weighted by molar-refractivity contribution is 9.10. The van der Waals surface area contributed by atoms with Gasteiger partial charge < -0.3 is 0 Å². The number of halogens is 1. The number of hydrogen-bond donors (Lipinski definition) is 0. The Bertz CT molecular complexity index is 859. The van der Waals surface area contributed by atoms with Crippen molar-refractivity contribution >= 4 is 44.2 Å². The minimum absolute atomic E-state index is 0.0708. The number of fused-ring (bicyclic) bond motifs is 5. The maximum absolute atomic E-state index is 12.8. The Morgan fingerprint density at radius 2 is 1.67 bits per heavy atom. The van der Waals surface area contributed by atoms with Crippen molar-refractivity contribution in [2.45, 2.75) is 6.42 Å². The van der Waals surface area contributed by atoms with Crippen LogP contribution >= 0.6 is 27.3 Å². The smallest absolute Gasteiger partial charge is 0.240 e. The maximum atomic E-state index is 12.8. The number of aromatic nitrogens is 1. The highest BCUT2D eigenvalue weighted by atomic mass is 79.9. The summed E-state index contributed by atoms with van der Waals surface area (Å²) in [4.78, 5) is 31.5. The number of anilines is 1. The van der Waals surface area contributed by atoms with E-state index in [1.807, 2.05) is 29.6 Å². The van der Waals surface area contributed by atoms with Crippen LogP contribution in [0, 0.1) is 23.7 Å². The summed E-state index contributed by atoms with van der Waals surface area (Å²) in [7, 11) is 0. The molecule has 2 fully saturated rings. The second-order valence-electron chi connectivity index (χ2n) is 6.53. The second kappa shape index (κ2) is 5.10. The molecule has 6 heteroatoms. The third-order valence-electron chi connectivity index (χ3n) is 5.29. The van der Waals surface area contributed by atoms with E-state index in [9.17, 15) is 9.59 Å². The summed E-state index contributed by atoms with van der Waals surface area (Å²) >= 11 is 4.77. The van der Waals surface area contributed by atoms with E-state index >= 15 is 0 Å². The molecule has 0 unspecified atom stereocenters. The normalized spacial score (nSPS) is 30.5. The summed E-state index contributed by atoms with van der Waals surface area (Å²) in [5.74, 6) is -0.0307. The first-order chi connectivity index (χ1) is 11.6. The molecule has 5 rings (SSSR count). The van der Waals surface area contributed by atoms with Gasteiger partial charge in [-0.05, 0) is 30.4 Å². The number of rotatable bonds is 2. The third kappa shape index (κ3) is 1.93. The minimum Gasteiger partial charge on any atom is -0.274 e. The van der Waals surface area contributed by atoms with Gasteiger partial charge in [0, 0.05) is 15.4 Å². The van der Waals surface area contributed by atoms with Crippen LogP contribution < -0.4 is 4.90 Å². The lowest BCUT2D eigenvalue weighted by Gasteiger charge is -2.14. The van der Waals surface area contributed by atoms with Gasteiger partial charge in [0.15, 0.2) is 5.13 Å². The first-order valence-corrected chi connectivity index (χ1v) is 9.58. The molecule has 120 valence electrons. The number of allylic oxidation sites excluding steroid dienone is 2. The van der Waals surface area contributed by atoms with Crippen LogP contribution in [0.25, 0.3) is 11.3 Å². The fourth-order valence-electron chi connectivity index (χ4n) is 4.21. The third-order valence-corrected chi connectivity index (χ3v) is 6.65. The molecule has 2 bridgehead atoms. The molecular formula is C18H13BrN2O2S. The Labute approximate surface area is 151 Å². The SMILES string of the molecule is O=C1[C@@H]2[C@H](C(=O)N1c1nc(-c3ccc(Br)cc3)cs1)[C@@H]1C=C[C@H]2C1. The zero-order valence-electron chi connectivity index (χ0n) is 12.6. The fraction of sp³-hybridized carbons (Fsp3) is 0.278. The molecule has 2 aliphatic carbocycles. The number of imide groups is 1. The summed E-state index contributed by atoms with van der Waals surface area (Å²) in [6.45, 7) is 0. The standard InChI is InChI=1S/C18H13BrN2O2S/c19-12-5-3-9(4-6-12)13-8-24-18(20-13)21-16(22)14-10-1-2-11(7-10)15(14)17(21)23/h1-6,8,10-11,14-15H,7H2/t10-,11+,14-,15+. The Hall–Kier alpha value is -1.79. The molecular weight excluding hydrogens is 388 g/mol. The first kappa shape index (κ1) is 14.5. The van der Waals surface area contributed by atoms with Gasteiger partial charge in [-0.3, -0.25) is 9.59 Å². The molecule has 24 heavy (non-hydrogen) atoms. The van der Waals surface area contributed by atoms with Crippen LogP contribution in [0.2, 0.25) is 0 Å². The van der Waals surface area contributed by atoms with Crippen LogP contribution in [0.5, 0.6) is 0 Å². The molecule has 0 spiro atoms. The summed E-state index contributed by atoms with van der Waals surface area (Å²) < 4.78 is 1.00. The van der Waals surface area contributed by atoms with Crippen LogP contribution in [0.3, 0.4) is 0 Å². The molecule has 3 aliphatic rings. The van der Waals surface area contributed by atoms with Gasteiger partial charge in [-0.15, -0.1) is 11.3 Å². The monoisotopic (exact) mass is 400 g/mol. The van der Waals surface area contributed by atoms with E-state index in [4.69, 9.17) is 0 Å². The Kier molecular flexibility index (Phi) is 3.09. The van der Waals surface area contributed by atoms with Crippen molar-refractivity contribution in [3.05, 3.63) is 46.3 Å². The summed E-state index contributed by atoms with van der Waals surface area (Å²) in [6, 6.07) is 7.84. The van der Waals surface area contributed by atoms with Crippen molar-refractivity contribution in [3.8, 4) is 11.3 Å². The Morgan fingerprint density at radius 1 is 1.04 bits per heavy atom. The lowest BCUT2D eigenvalue weighted by Crippen LogP contribution is -2.32. The lowest BCUT2D eigenvalue weighted by atomic mass is 9.85. The quantitative estimate of drug-likeness (QED) is 0.567. The molecule has 4 nitrogen and oxygen atoms in total. The summed E-state index contributed by atoms with van der Waals surface area (Å²) in [5.41, 5.74) is 1.77. The average molecular weight is 401 g/mol. The van der Waals surface area contributed by atoms with E-state index in [0.29, 0.717) is 5.13 Å². The summed E-state index contributed by atoms with van der Waals surface area (Å²) in [6.07, 6.45) is 5.16. The molecule has 2 aromatic rings. The van der Waals surface area contributed by atoms with Gasteiger partial charge in [0.25, 0.3) is 0 Å². The van der Waals surface area contributed by atoms with Gasteiger partial charge in [0.2, 0.25) is 11.8 Å². The van der Waals surface area contributed by atoms with Gasteiger partial charge in [0.05, 0.1) is 17.5 Å². The van der Waals surface area contributed by atoms with Crippen LogP contribution in [0.15, 0.2) is 46.3 Å². The van der Waals surface area contributed by atoms with Crippen molar-refractivity contribution in [3.63, 3.8) is 0 Å². The van der Waals surface area contributed by atoms with E-state index in [1.165, 1.54) is 16.2 Å². The first-order valence-electron chi connectivity index (χ1n) is 7.91. The number of amides is 2. The number of benzene rings is 1. The maximum Gasteiger partial charge on any atom is 0.240 e. The number of carbonyl (C=O) groups excluding carboxylic acids is 2. The van der Waals surface area contributed by atoms with E-state index in [1.54, 1.807) is 0 Å². The Morgan fingerprint density at radius 3 is 2.29 bits per heavy atom. The van der Waals surface area contributed by atoms with Crippen LogP contribution in [-0.4, -0.2) is 16.8 Å². The molecule has 2 amide bonds. The van der Waals surface area contributed by atoms with Crippen molar-refractivity contribution in [2.75, 3.05) is 4.90 Å². The molecule has 1 aromatic carbocycles. The predicted octanol–water partition coefficient (Wildman–Crippen LogP) is 3.88. The molecule has 4 atom stereocenters. The molecule has 0 N–H and O–H groups in total. The topological polar surface area (TPSA) is 50.3 Å². The van der Waals surface area contributed by atoms with E-state index < -0.39 is 0 Å². The zero-order chi connectivity index (χ0) is 16.4. The van der Waals surface area contributed by atoms with E-state index in [0.717, 1.165) is 22.2 Å². The zero-order valence-corrected chi connectivity index (χ0v) is 15.0. The average Bonchev–Trinajstić information content (AvgIpc) is 3.32. The highest BCUT2D eigenvalue weighted by Gasteiger charge is 2.60. The van der Waals surface area contributed by atoms with E-state index in [-0.39, 0.29) is 35.5 Å². The molecule has 0 radical (unpaired) electrons. The predicted molar refractivity (Wildman–Crippen MR) is 95.5 cm³/mol. The number of thiazole rings is 1. The van der Waals surface area contributed by atoms with Crippen molar-refractivity contribution in [1.82, 2.24) is 4.98 Å². The lowest BCUT2D eigenvalue weighted by molar-refractivity contribution is -0.123. The van der Waals surface area contributed by atoms with Crippen molar-refractivity contribution < 1.29 is 9.59 Å². The number of hydrogen-bond acceptors (Lipinski definition) is 4. The van der Waals surface area contributed by atoms with Crippen molar-refractivity contribution in [1.29, 1.82) is 0 Å². The number of nitrogens with zero attached hydrogens (tertiary/aromatic N) is 2. The van der Waals surface area contributed by atoms with Crippen LogP contribution in [0.4, 0.5) is 5.13 Å². The summed E-state index contributed by atoms with van der Waals surface area (Å²) in [5, 5.41) is 2.40. The molecule has 1 saturated carbocycles. The van der Waals surface area contributed by atoms with Gasteiger partial charge >= 0.3 is 0 Å². The number of carbonyl (C=O) groups is 2. The Balaban J connectivity index is 1.49. The van der Waals surface area contributed by atoms with Gasteiger partial charge in [0.1, 0.15) is 0 Å². The van der Waals surface area contributed by atoms with Crippen LogP contribution in [0.1, 0.15) is 6.42 Å². The van der Waals surface area contributed by atoms with Gasteiger partial charge in [-0.1, -0.05) is 40.2 Å². The fourth-order valence-corrected chi connectivity index (χ4v) is 5.32. The molecule has 1 saturated heterocycles. The highest BCUT2D eigenvalue weighted by Crippen LogP contribution is 2.53. The van der Waals surface area contributed by atoms with Gasteiger partial charge in [-0.2, -0.15) is 0 Å². The minimum atomic E-state index is -0.174. The van der Waals surface area contributed by atoms with Crippen LogP contribution in [-0.2, 0) is 9.59 Å². The molecule has 2 heterocycles. The largest absolute Gasteiger partial charge is 0.274 e. The van der Waals surface area contributed by atoms with E-state index in [2.05, 4.69) is 33.1 Å². The van der Waals surface area contributed by atoms with Gasteiger partial charge in [-0.25, -0.2) is 9.88 Å². The molecule has 1 aliphatic heterocycles. The van der Waals surface area contributed by atoms with Crippen molar-refractivity contribution in [2.24, 2.45) is 23.7 Å². The second-order valence-corrected chi connectivity index (χ2v) is 8.29.